The quantitative estimate of drug-likeness (QED) is 0.0327. The van der Waals surface area contributed by atoms with Gasteiger partial charge in [-0.05, 0) is 103 Å². The molecule has 8 rings (SSSR count). The van der Waals surface area contributed by atoms with Gasteiger partial charge in [-0.1, -0.05) is 212 Å². The van der Waals surface area contributed by atoms with Crippen molar-refractivity contribution in [3.05, 3.63) is 157 Å². The van der Waals surface area contributed by atoms with E-state index in [2.05, 4.69) is 95.0 Å². The molecular formula is C58H58F6O6S2. The molecule has 0 bridgehead atoms. The summed E-state index contributed by atoms with van der Waals surface area (Å²) in [6, 6.07) is 43.5. The summed E-state index contributed by atoms with van der Waals surface area (Å²) in [6.45, 7) is 4.60. The van der Waals surface area contributed by atoms with Gasteiger partial charge >= 0.3 is 31.3 Å². The number of hydrogen-bond acceptors (Lipinski definition) is 6. The van der Waals surface area contributed by atoms with Crippen LogP contribution in [0.3, 0.4) is 0 Å². The Labute approximate surface area is 418 Å². The highest BCUT2D eigenvalue weighted by Gasteiger charge is 2.50. The highest BCUT2D eigenvalue weighted by molar-refractivity contribution is 7.88. The van der Waals surface area contributed by atoms with E-state index in [9.17, 15) is 43.2 Å². The van der Waals surface area contributed by atoms with Gasteiger partial charge in [0.1, 0.15) is 0 Å². The number of benzene rings is 8. The Bertz CT molecular complexity index is 3140. The van der Waals surface area contributed by atoms with Gasteiger partial charge in [0.25, 0.3) is 0 Å². The van der Waals surface area contributed by atoms with Crippen molar-refractivity contribution in [2.45, 2.75) is 115 Å². The predicted octanol–water partition coefficient (Wildman–Crippen LogP) is 17.6. The molecule has 0 heterocycles. The highest BCUT2D eigenvalue weighted by atomic mass is 32.2. The second kappa shape index (κ2) is 23.6. The predicted molar refractivity (Wildman–Crippen MR) is 279 cm³/mol. The van der Waals surface area contributed by atoms with Gasteiger partial charge in [0.2, 0.25) is 0 Å². The third-order valence-corrected chi connectivity index (χ3v) is 14.8. The Morgan fingerprint density at radius 2 is 0.625 bits per heavy atom. The molecule has 0 aliphatic heterocycles. The molecule has 0 N–H and O–H groups in total. The van der Waals surface area contributed by atoms with E-state index in [1.165, 1.54) is 182 Å². The molecule has 0 aliphatic rings. The van der Waals surface area contributed by atoms with Crippen molar-refractivity contribution in [3.63, 3.8) is 0 Å². The number of hydrogen-bond donors (Lipinski definition) is 0. The zero-order valence-electron chi connectivity index (χ0n) is 40.3. The summed E-state index contributed by atoms with van der Waals surface area (Å²) in [5.74, 6) is -1.81. The number of fused-ring (bicyclic) bond motifs is 4. The largest absolute Gasteiger partial charge is 0.534 e. The van der Waals surface area contributed by atoms with Gasteiger partial charge in [0.05, 0.1) is 0 Å². The maximum Gasteiger partial charge on any atom is 0.534 e. The topological polar surface area (TPSA) is 86.7 Å². The molecule has 0 atom stereocenters. The molecule has 380 valence electrons. The fourth-order valence-electron chi connectivity index (χ4n) is 9.32. The minimum atomic E-state index is -6.21. The summed E-state index contributed by atoms with van der Waals surface area (Å²) in [4.78, 5) is 0. The summed E-state index contributed by atoms with van der Waals surface area (Å²) in [7, 11) is -12.4. The molecule has 6 nitrogen and oxygen atoms in total. The van der Waals surface area contributed by atoms with Crippen molar-refractivity contribution in [1.29, 1.82) is 0 Å². The fourth-order valence-corrected chi connectivity index (χ4v) is 10.3. The molecule has 0 aliphatic carbocycles. The third-order valence-electron chi connectivity index (χ3n) is 12.9. The van der Waals surface area contributed by atoms with E-state index in [0.717, 1.165) is 12.1 Å². The zero-order valence-corrected chi connectivity index (χ0v) is 41.9. The van der Waals surface area contributed by atoms with Crippen molar-refractivity contribution < 1.29 is 51.5 Å². The lowest BCUT2D eigenvalue weighted by atomic mass is 9.84. The van der Waals surface area contributed by atoms with Crippen molar-refractivity contribution in [2.24, 2.45) is 0 Å². The summed E-state index contributed by atoms with van der Waals surface area (Å²) in [5, 5.41) is 6.33. The van der Waals surface area contributed by atoms with Crippen LogP contribution in [-0.2, 0) is 33.1 Å². The van der Waals surface area contributed by atoms with E-state index in [-0.39, 0.29) is 10.8 Å². The lowest BCUT2D eigenvalue weighted by Crippen LogP contribution is -2.28. The third kappa shape index (κ3) is 12.5. The molecule has 8 aromatic rings. The Kier molecular flexibility index (Phi) is 17.6. The van der Waals surface area contributed by atoms with Crippen molar-refractivity contribution in [1.82, 2.24) is 0 Å². The summed E-state index contributed by atoms with van der Waals surface area (Å²) in [5.41, 5.74) is -6.44. The van der Waals surface area contributed by atoms with Crippen LogP contribution in [0.2, 0.25) is 0 Å². The van der Waals surface area contributed by atoms with Gasteiger partial charge in [-0.25, -0.2) is 0 Å². The van der Waals surface area contributed by atoms with E-state index in [1.807, 2.05) is 0 Å². The number of rotatable bonds is 20. The summed E-state index contributed by atoms with van der Waals surface area (Å²) in [6.07, 6.45) is 18.5. The Morgan fingerprint density at radius 1 is 0.347 bits per heavy atom. The average Bonchev–Trinajstić information content (AvgIpc) is 3.35. The maximum atomic E-state index is 13.1. The first kappa shape index (κ1) is 53.7. The SMILES string of the molecule is CCCCCCCCc1ccc2ccccc2c1-c1c(CCCCCCCC)ccc2ccccc12.O=S(=O)(Oc1ccc2ccccc2c1-c1c(OS(=O)(=O)C(F)(F)F)ccc2ccccc12)C(F)(F)F. The van der Waals surface area contributed by atoms with E-state index in [4.69, 9.17) is 0 Å². The van der Waals surface area contributed by atoms with Gasteiger partial charge < -0.3 is 8.37 Å². The molecule has 8 aromatic carbocycles. The molecule has 0 fully saturated rings. The van der Waals surface area contributed by atoms with Crippen LogP contribution in [0.5, 0.6) is 11.5 Å². The average molecular weight is 1030 g/mol. The van der Waals surface area contributed by atoms with E-state index < -0.39 is 53.9 Å². The number of aryl methyl sites for hydroxylation is 2. The zero-order chi connectivity index (χ0) is 51.5. The van der Waals surface area contributed by atoms with Crippen molar-refractivity contribution in [3.8, 4) is 33.8 Å². The number of unbranched alkanes of at least 4 members (excludes halogenated alkanes) is 10. The number of alkyl halides is 6. The molecule has 0 saturated carbocycles. The monoisotopic (exact) mass is 1030 g/mol. The standard InChI is InChI=1S/C36H46.C22H12F6O6S2/c1-3-5-7-9-11-13-21-31-27-25-29-19-15-17-23-33(29)35(31)36-32(22-14-12-10-8-6-4-2)28-26-30-20-16-18-24-34(30)36;23-21(24,25)35(29,30)33-17-11-9-13-5-1-3-7-15(13)19(17)20-16-8-4-2-6-14(16)10-12-18(20)34-36(31,32)22(26,27)28/h15-20,23-28H,3-14,21-22H2,1-2H3;1-12H. The van der Waals surface area contributed by atoms with Gasteiger partial charge in [-0.15, -0.1) is 0 Å². The van der Waals surface area contributed by atoms with Crippen LogP contribution in [0.15, 0.2) is 146 Å². The second-order valence-corrected chi connectivity index (χ2v) is 21.0. The molecule has 72 heavy (non-hydrogen) atoms. The molecule has 0 aromatic heterocycles. The van der Waals surface area contributed by atoms with Crippen molar-refractivity contribution in [2.75, 3.05) is 0 Å². The molecule has 0 unspecified atom stereocenters. The van der Waals surface area contributed by atoms with Crippen LogP contribution in [0.4, 0.5) is 26.3 Å². The molecular weight excluding hydrogens is 971 g/mol. The van der Waals surface area contributed by atoms with Gasteiger partial charge in [0.15, 0.2) is 11.5 Å². The van der Waals surface area contributed by atoms with E-state index in [0.29, 0.717) is 10.8 Å². The van der Waals surface area contributed by atoms with Gasteiger partial charge in [0, 0.05) is 11.1 Å². The summed E-state index contributed by atoms with van der Waals surface area (Å²) < 4.78 is 135. The molecule has 14 heteroatoms. The van der Waals surface area contributed by atoms with Crippen LogP contribution in [0.25, 0.3) is 65.3 Å². The fraction of sp³-hybridized carbons (Fsp3) is 0.310. The van der Waals surface area contributed by atoms with Crippen LogP contribution in [0, 0.1) is 0 Å². The molecule has 0 saturated heterocycles. The lowest BCUT2D eigenvalue weighted by Gasteiger charge is -2.20. The molecule has 0 radical (unpaired) electrons. The Morgan fingerprint density at radius 3 is 0.944 bits per heavy atom. The lowest BCUT2D eigenvalue weighted by molar-refractivity contribution is -0.0505. The minimum Gasteiger partial charge on any atom is -0.375 e. The van der Waals surface area contributed by atoms with Crippen LogP contribution in [0.1, 0.15) is 102 Å². The molecule has 0 amide bonds. The van der Waals surface area contributed by atoms with E-state index >= 15 is 0 Å². The first-order chi connectivity index (χ1) is 34.5. The molecule has 0 spiro atoms. The number of halogens is 6. The van der Waals surface area contributed by atoms with Gasteiger partial charge in [-0.2, -0.15) is 43.2 Å². The maximum absolute atomic E-state index is 13.1. The Hall–Kier alpha value is -6.12. The van der Waals surface area contributed by atoms with Gasteiger partial charge in [-0.3, -0.25) is 0 Å². The Balaban J connectivity index is 0.000000211. The minimum absolute atomic E-state index is 0.0537. The van der Waals surface area contributed by atoms with Crippen LogP contribution >= 0.6 is 0 Å². The first-order valence-corrected chi connectivity index (χ1v) is 27.3. The summed E-state index contributed by atoms with van der Waals surface area (Å²) >= 11 is 0. The normalized spacial score (nSPS) is 12.3. The van der Waals surface area contributed by atoms with Crippen LogP contribution < -0.4 is 8.37 Å². The van der Waals surface area contributed by atoms with Crippen LogP contribution in [-0.4, -0.2) is 27.9 Å². The second-order valence-electron chi connectivity index (χ2n) is 18.0. The van der Waals surface area contributed by atoms with E-state index in [1.54, 1.807) is 12.1 Å². The van der Waals surface area contributed by atoms with Crippen molar-refractivity contribution >= 4 is 63.3 Å². The highest BCUT2D eigenvalue weighted by Crippen LogP contribution is 2.48. The first-order valence-electron chi connectivity index (χ1n) is 24.5. The smallest absolute Gasteiger partial charge is 0.375 e.